The average molecular weight is 342 g/mol. The molecule has 2 fully saturated rings. The Balaban J connectivity index is 1.71. The van der Waals surface area contributed by atoms with Crippen LogP contribution in [0.25, 0.3) is 0 Å². The number of carbonyl (C=O) groups excluding carboxylic acids is 1. The van der Waals surface area contributed by atoms with Crippen LogP contribution < -0.4 is 9.47 Å². The van der Waals surface area contributed by atoms with Gasteiger partial charge < -0.3 is 18.9 Å². The molecule has 2 aliphatic rings. The Morgan fingerprint density at radius 2 is 2.05 bits per heavy atom. The van der Waals surface area contributed by atoms with Gasteiger partial charge in [-0.2, -0.15) is 0 Å². The number of rotatable bonds is 4. The summed E-state index contributed by atoms with van der Waals surface area (Å²) in [5, 5.41) is 0. The Bertz CT molecular complexity index is 525. The first-order valence-electron chi connectivity index (χ1n) is 7.10. The number of ether oxygens (including phenoxy) is 4. The van der Waals surface area contributed by atoms with Gasteiger partial charge in [0.05, 0.1) is 31.5 Å². The highest BCUT2D eigenvalue weighted by molar-refractivity contribution is 8.19. The molecule has 3 rings (SSSR count). The fraction of sp³-hybridized carbons (Fsp3) is 0.533. The van der Waals surface area contributed by atoms with Crippen LogP contribution in [-0.4, -0.2) is 50.5 Å². The highest BCUT2D eigenvalue weighted by Crippen LogP contribution is 2.46. The molecule has 0 unspecified atom stereocenters. The summed E-state index contributed by atoms with van der Waals surface area (Å²) in [6, 6.07) is 5.71. The highest BCUT2D eigenvalue weighted by atomic mass is 32.2. The maximum Gasteiger partial charge on any atom is 0.343 e. The third-order valence-electron chi connectivity index (χ3n) is 3.37. The van der Waals surface area contributed by atoms with Crippen molar-refractivity contribution in [3.63, 3.8) is 0 Å². The van der Waals surface area contributed by atoms with Crippen molar-refractivity contribution in [3.05, 3.63) is 23.8 Å². The smallest absolute Gasteiger partial charge is 0.343 e. The van der Waals surface area contributed by atoms with Crippen LogP contribution in [-0.2, 0) is 14.3 Å². The lowest BCUT2D eigenvalue weighted by Gasteiger charge is -2.21. The topological polar surface area (TPSA) is 54.0 Å². The summed E-state index contributed by atoms with van der Waals surface area (Å²) in [6.45, 7) is 1.15. The van der Waals surface area contributed by atoms with Crippen LogP contribution in [0.1, 0.15) is 10.1 Å². The lowest BCUT2D eigenvalue weighted by Crippen LogP contribution is -2.38. The Kier molecular flexibility index (Phi) is 5.51. The van der Waals surface area contributed by atoms with Crippen LogP contribution in [0.4, 0.5) is 0 Å². The van der Waals surface area contributed by atoms with Crippen molar-refractivity contribution in [2.75, 3.05) is 38.4 Å². The van der Waals surface area contributed by atoms with E-state index in [4.69, 9.17) is 18.9 Å². The molecule has 1 atom stereocenters. The third kappa shape index (κ3) is 3.71. The summed E-state index contributed by atoms with van der Waals surface area (Å²) in [5.74, 6) is 2.85. The quantitative estimate of drug-likeness (QED) is 0.615. The van der Waals surface area contributed by atoms with Crippen molar-refractivity contribution in [1.29, 1.82) is 0 Å². The number of methoxy groups -OCH3 is 1. The molecule has 0 aliphatic carbocycles. The van der Waals surface area contributed by atoms with Crippen LogP contribution >= 0.6 is 23.5 Å². The molecular weight excluding hydrogens is 324 g/mol. The van der Waals surface area contributed by atoms with Crippen LogP contribution in [0.5, 0.6) is 11.5 Å². The number of carbonyl (C=O) groups is 1. The number of hydrogen-bond acceptors (Lipinski definition) is 7. The minimum Gasteiger partial charge on any atom is -0.493 e. The van der Waals surface area contributed by atoms with E-state index in [1.807, 2.05) is 35.7 Å². The predicted molar refractivity (Wildman–Crippen MR) is 86.8 cm³/mol. The van der Waals surface area contributed by atoms with Gasteiger partial charge in [-0.3, -0.25) is 0 Å². The molecule has 0 radical (unpaired) electrons. The SMILES string of the molecule is COc1cc(C2SCCS2)ccc1OC(=O)[C@@H]1COCCO1. The summed E-state index contributed by atoms with van der Waals surface area (Å²) >= 11 is 3.84. The molecule has 0 saturated carbocycles. The number of hydrogen-bond donors (Lipinski definition) is 0. The molecule has 5 nitrogen and oxygen atoms in total. The maximum absolute atomic E-state index is 12.1. The lowest BCUT2D eigenvalue weighted by molar-refractivity contribution is -0.161. The summed E-state index contributed by atoms with van der Waals surface area (Å²) in [5.41, 5.74) is 1.18. The van der Waals surface area contributed by atoms with Crippen molar-refractivity contribution in [3.8, 4) is 11.5 Å². The molecule has 22 heavy (non-hydrogen) atoms. The van der Waals surface area contributed by atoms with E-state index in [9.17, 15) is 4.79 Å². The van der Waals surface area contributed by atoms with Crippen molar-refractivity contribution in [2.45, 2.75) is 10.7 Å². The molecule has 2 saturated heterocycles. The molecule has 1 aromatic rings. The number of esters is 1. The first-order valence-corrected chi connectivity index (χ1v) is 9.20. The monoisotopic (exact) mass is 342 g/mol. The van der Waals surface area contributed by atoms with Crippen molar-refractivity contribution in [2.24, 2.45) is 0 Å². The third-order valence-corrected chi connectivity index (χ3v) is 6.48. The molecule has 2 heterocycles. The van der Waals surface area contributed by atoms with E-state index in [1.165, 1.54) is 5.56 Å². The Morgan fingerprint density at radius 1 is 1.23 bits per heavy atom. The minimum atomic E-state index is -0.668. The molecular formula is C15H18O5S2. The van der Waals surface area contributed by atoms with Crippen LogP contribution in [0.2, 0.25) is 0 Å². The van der Waals surface area contributed by atoms with E-state index in [2.05, 4.69) is 0 Å². The molecule has 0 aromatic heterocycles. The molecule has 120 valence electrons. The summed E-state index contributed by atoms with van der Waals surface area (Å²) in [6.07, 6.45) is -0.668. The van der Waals surface area contributed by atoms with Gasteiger partial charge in [-0.05, 0) is 17.7 Å². The van der Waals surface area contributed by atoms with Gasteiger partial charge in [-0.1, -0.05) is 6.07 Å². The molecule has 0 N–H and O–H groups in total. The normalized spacial score (nSPS) is 22.5. The molecule has 7 heteroatoms. The van der Waals surface area contributed by atoms with Gasteiger partial charge in [0.15, 0.2) is 17.6 Å². The highest BCUT2D eigenvalue weighted by Gasteiger charge is 2.26. The van der Waals surface area contributed by atoms with Crippen molar-refractivity contribution >= 4 is 29.5 Å². The van der Waals surface area contributed by atoms with E-state index < -0.39 is 12.1 Å². The van der Waals surface area contributed by atoms with Crippen molar-refractivity contribution in [1.82, 2.24) is 0 Å². The summed E-state index contributed by atoms with van der Waals surface area (Å²) < 4.78 is 21.8. The average Bonchev–Trinajstić information content (AvgIpc) is 3.10. The fourth-order valence-electron chi connectivity index (χ4n) is 2.26. The van der Waals surface area contributed by atoms with Gasteiger partial charge in [0.25, 0.3) is 0 Å². The van der Waals surface area contributed by atoms with E-state index >= 15 is 0 Å². The Labute approximate surface area is 138 Å². The van der Waals surface area contributed by atoms with Gasteiger partial charge in [0.1, 0.15) is 0 Å². The van der Waals surface area contributed by atoms with Crippen LogP contribution in [0.3, 0.4) is 0 Å². The van der Waals surface area contributed by atoms with E-state index in [0.717, 1.165) is 11.5 Å². The standard InChI is InChI=1S/C15H18O5S2/c1-17-12-8-10(15-21-6-7-22-15)2-3-11(12)20-14(16)13-9-18-4-5-19-13/h2-3,8,13,15H,4-7,9H2,1H3/t13-/m0/s1. The molecule has 0 spiro atoms. The zero-order valence-electron chi connectivity index (χ0n) is 12.3. The number of thioether (sulfide) groups is 2. The summed E-state index contributed by atoms with van der Waals surface area (Å²) in [7, 11) is 1.58. The second kappa shape index (κ2) is 7.59. The van der Waals surface area contributed by atoms with E-state index in [1.54, 1.807) is 13.2 Å². The number of benzene rings is 1. The second-order valence-corrected chi connectivity index (χ2v) is 7.56. The lowest BCUT2D eigenvalue weighted by atomic mass is 10.2. The minimum absolute atomic E-state index is 0.231. The van der Waals surface area contributed by atoms with Crippen LogP contribution in [0, 0.1) is 0 Å². The van der Waals surface area contributed by atoms with Crippen LogP contribution in [0.15, 0.2) is 18.2 Å². The predicted octanol–water partition coefficient (Wildman–Crippen LogP) is 2.49. The van der Waals surface area contributed by atoms with Gasteiger partial charge in [0, 0.05) is 11.5 Å². The van der Waals surface area contributed by atoms with Gasteiger partial charge >= 0.3 is 5.97 Å². The van der Waals surface area contributed by atoms with Crippen molar-refractivity contribution < 1.29 is 23.7 Å². The Morgan fingerprint density at radius 3 is 2.73 bits per heavy atom. The second-order valence-electron chi connectivity index (χ2n) is 4.84. The molecule has 1 aromatic carbocycles. The molecule has 0 bridgehead atoms. The summed E-state index contributed by atoms with van der Waals surface area (Å²) in [4.78, 5) is 12.1. The maximum atomic E-state index is 12.1. The first kappa shape index (κ1) is 16.0. The molecule has 2 aliphatic heterocycles. The first-order chi connectivity index (χ1) is 10.8. The molecule has 0 amide bonds. The van der Waals surface area contributed by atoms with Gasteiger partial charge in [0.2, 0.25) is 0 Å². The van der Waals surface area contributed by atoms with Gasteiger partial charge in [-0.25, -0.2) is 4.79 Å². The zero-order chi connectivity index (χ0) is 15.4. The Hall–Kier alpha value is -0.890. The van der Waals surface area contributed by atoms with E-state index in [0.29, 0.717) is 29.3 Å². The fourth-order valence-corrected chi connectivity index (χ4v) is 5.10. The van der Waals surface area contributed by atoms with E-state index in [-0.39, 0.29) is 6.61 Å². The zero-order valence-corrected chi connectivity index (χ0v) is 13.9. The largest absolute Gasteiger partial charge is 0.493 e. The van der Waals surface area contributed by atoms with Gasteiger partial charge in [-0.15, -0.1) is 23.5 Å².